The minimum absolute atomic E-state index is 0.0644. The van der Waals surface area contributed by atoms with E-state index in [9.17, 15) is 4.79 Å². The highest BCUT2D eigenvalue weighted by molar-refractivity contribution is 7.99. The van der Waals surface area contributed by atoms with Crippen LogP contribution < -0.4 is 10.1 Å². The summed E-state index contributed by atoms with van der Waals surface area (Å²) in [5, 5.41) is 12.8. The van der Waals surface area contributed by atoms with Gasteiger partial charge >= 0.3 is 0 Å². The van der Waals surface area contributed by atoms with Crippen molar-refractivity contribution in [1.82, 2.24) is 25.1 Å². The summed E-state index contributed by atoms with van der Waals surface area (Å²) in [6.45, 7) is 0. The molecule has 1 amide bonds. The molecule has 172 valence electrons. The first-order valence-corrected chi connectivity index (χ1v) is 12.2. The fourth-order valence-electron chi connectivity index (χ4n) is 3.87. The average Bonchev–Trinajstić information content (AvgIpc) is 3.65. The number of rotatable bonds is 9. The van der Waals surface area contributed by atoms with E-state index in [1.165, 1.54) is 11.8 Å². The number of benzene rings is 2. The maximum atomic E-state index is 13.0. The second kappa shape index (κ2) is 10.1. The lowest BCUT2D eigenvalue weighted by molar-refractivity contribution is -0.119. The van der Waals surface area contributed by atoms with E-state index in [1.807, 2.05) is 66.7 Å². The Labute approximate surface area is 202 Å². The first-order chi connectivity index (χ1) is 16.7. The Morgan fingerprint density at radius 2 is 1.74 bits per heavy atom. The van der Waals surface area contributed by atoms with Crippen molar-refractivity contribution in [2.45, 2.75) is 30.1 Å². The van der Waals surface area contributed by atoms with E-state index in [0.29, 0.717) is 6.04 Å². The van der Waals surface area contributed by atoms with Gasteiger partial charge in [-0.05, 0) is 48.2 Å². The van der Waals surface area contributed by atoms with E-state index < -0.39 is 0 Å². The largest absolute Gasteiger partial charge is 0.497 e. The van der Waals surface area contributed by atoms with Crippen molar-refractivity contribution in [1.29, 1.82) is 0 Å². The third kappa shape index (κ3) is 4.97. The summed E-state index contributed by atoms with van der Waals surface area (Å²) in [6.07, 6.45) is 5.71. The molecule has 2 aromatic carbocycles. The van der Waals surface area contributed by atoms with E-state index in [-0.39, 0.29) is 17.7 Å². The Kier molecular flexibility index (Phi) is 6.58. The molecular weight excluding hydrogens is 446 g/mol. The molecule has 8 heteroatoms. The molecular formula is C26H25N5O2S. The van der Waals surface area contributed by atoms with E-state index in [4.69, 9.17) is 4.74 Å². The molecule has 1 fully saturated rings. The minimum atomic E-state index is -0.256. The van der Waals surface area contributed by atoms with Gasteiger partial charge in [0.1, 0.15) is 5.75 Å². The van der Waals surface area contributed by atoms with Crippen molar-refractivity contribution in [2.75, 3.05) is 12.9 Å². The topological polar surface area (TPSA) is 81.9 Å². The zero-order chi connectivity index (χ0) is 23.3. The molecule has 1 unspecified atom stereocenters. The van der Waals surface area contributed by atoms with E-state index >= 15 is 0 Å². The van der Waals surface area contributed by atoms with Gasteiger partial charge in [0, 0.05) is 24.0 Å². The number of nitrogens with zero attached hydrogens (tertiary/aromatic N) is 4. The SMILES string of the molecule is COc1ccc(C(NC(=O)CSc2nnc(-c3ccncc3)n2C2CC2)c2ccccc2)cc1. The highest BCUT2D eigenvalue weighted by Gasteiger charge is 2.30. The maximum Gasteiger partial charge on any atom is 0.231 e. The number of carbonyl (C=O) groups is 1. The van der Waals surface area contributed by atoms with Crippen LogP contribution in [0.4, 0.5) is 0 Å². The molecule has 2 aromatic heterocycles. The van der Waals surface area contributed by atoms with Crippen LogP contribution in [0.3, 0.4) is 0 Å². The Bertz CT molecular complexity index is 1240. The molecule has 5 rings (SSSR count). The average molecular weight is 472 g/mol. The monoisotopic (exact) mass is 471 g/mol. The first kappa shape index (κ1) is 22.2. The number of ether oxygens (including phenoxy) is 1. The second-order valence-corrected chi connectivity index (χ2v) is 9.06. The Morgan fingerprint density at radius 1 is 1.03 bits per heavy atom. The summed E-state index contributed by atoms with van der Waals surface area (Å²) in [7, 11) is 1.64. The van der Waals surface area contributed by atoms with Crippen LogP contribution in [0.2, 0.25) is 0 Å². The van der Waals surface area contributed by atoms with Crippen LogP contribution in [0.15, 0.2) is 84.3 Å². The number of pyridine rings is 1. The normalized spacial score (nSPS) is 13.9. The number of methoxy groups -OCH3 is 1. The summed E-state index contributed by atoms with van der Waals surface area (Å²) in [6, 6.07) is 21.7. The summed E-state index contributed by atoms with van der Waals surface area (Å²) in [5.74, 6) is 1.79. The van der Waals surface area contributed by atoms with Crippen LogP contribution in [0.25, 0.3) is 11.4 Å². The highest BCUT2D eigenvalue weighted by atomic mass is 32.2. The van der Waals surface area contributed by atoms with Gasteiger partial charge in [0.2, 0.25) is 5.91 Å². The Morgan fingerprint density at radius 3 is 2.41 bits per heavy atom. The highest BCUT2D eigenvalue weighted by Crippen LogP contribution is 2.41. The number of carbonyl (C=O) groups excluding carboxylic acids is 1. The van der Waals surface area contributed by atoms with E-state index in [0.717, 1.165) is 46.3 Å². The van der Waals surface area contributed by atoms with Gasteiger partial charge in [-0.15, -0.1) is 10.2 Å². The predicted molar refractivity (Wildman–Crippen MR) is 132 cm³/mol. The summed E-state index contributed by atoms with van der Waals surface area (Å²) < 4.78 is 7.44. The van der Waals surface area contributed by atoms with Crippen molar-refractivity contribution < 1.29 is 9.53 Å². The van der Waals surface area contributed by atoms with Gasteiger partial charge in [0.15, 0.2) is 11.0 Å². The predicted octanol–water partition coefficient (Wildman–Crippen LogP) is 4.68. The third-order valence-electron chi connectivity index (χ3n) is 5.73. The number of aromatic nitrogens is 4. The van der Waals surface area contributed by atoms with Crippen molar-refractivity contribution in [3.63, 3.8) is 0 Å². The molecule has 0 saturated heterocycles. The lowest BCUT2D eigenvalue weighted by Crippen LogP contribution is -2.30. The quantitative estimate of drug-likeness (QED) is 0.357. The van der Waals surface area contributed by atoms with Gasteiger partial charge < -0.3 is 10.1 Å². The molecule has 1 atom stereocenters. The van der Waals surface area contributed by atoms with Gasteiger partial charge in [-0.2, -0.15) is 0 Å². The minimum Gasteiger partial charge on any atom is -0.497 e. The molecule has 34 heavy (non-hydrogen) atoms. The molecule has 4 aromatic rings. The first-order valence-electron chi connectivity index (χ1n) is 11.2. The number of nitrogens with one attached hydrogen (secondary N) is 1. The standard InChI is InChI=1S/C26H25N5O2S/c1-33-22-11-7-19(8-12-22)24(18-5-3-2-4-6-18)28-23(32)17-34-26-30-29-25(31(26)21-9-10-21)20-13-15-27-16-14-20/h2-8,11-16,21,24H,9-10,17H2,1H3,(H,28,32). The maximum absolute atomic E-state index is 13.0. The molecule has 1 aliphatic rings. The smallest absolute Gasteiger partial charge is 0.231 e. The lowest BCUT2D eigenvalue weighted by atomic mass is 9.98. The summed E-state index contributed by atoms with van der Waals surface area (Å²) in [4.78, 5) is 17.1. The van der Waals surface area contributed by atoms with E-state index in [1.54, 1.807) is 19.5 Å². The van der Waals surface area contributed by atoms with Crippen molar-refractivity contribution in [3.05, 3.63) is 90.3 Å². The third-order valence-corrected chi connectivity index (χ3v) is 6.68. The Hall–Kier alpha value is -3.65. The van der Waals surface area contributed by atoms with Crippen molar-refractivity contribution in [2.24, 2.45) is 0 Å². The second-order valence-electron chi connectivity index (χ2n) is 8.12. The molecule has 0 radical (unpaired) electrons. The van der Waals surface area contributed by atoms with Crippen molar-refractivity contribution >= 4 is 17.7 Å². The zero-order valence-corrected chi connectivity index (χ0v) is 19.6. The van der Waals surface area contributed by atoms with Crippen LogP contribution >= 0.6 is 11.8 Å². The molecule has 0 spiro atoms. The van der Waals surface area contributed by atoms with Gasteiger partial charge in [-0.3, -0.25) is 14.3 Å². The molecule has 1 N–H and O–H groups in total. The number of hydrogen-bond donors (Lipinski definition) is 1. The molecule has 1 aliphatic carbocycles. The van der Waals surface area contributed by atoms with Crippen LogP contribution in [-0.4, -0.2) is 38.5 Å². The fraction of sp³-hybridized carbons (Fsp3) is 0.231. The molecule has 7 nitrogen and oxygen atoms in total. The molecule has 2 heterocycles. The van der Waals surface area contributed by atoms with E-state index in [2.05, 4.69) is 25.1 Å². The summed E-state index contributed by atoms with van der Waals surface area (Å²) in [5.41, 5.74) is 2.99. The van der Waals surface area contributed by atoms with Crippen LogP contribution in [0.1, 0.15) is 36.1 Å². The van der Waals surface area contributed by atoms with Crippen LogP contribution in [0.5, 0.6) is 5.75 Å². The zero-order valence-electron chi connectivity index (χ0n) is 18.8. The summed E-state index contributed by atoms with van der Waals surface area (Å²) >= 11 is 1.42. The molecule has 0 aliphatic heterocycles. The Balaban J connectivity index is 1.32. The van der Waals surface area contributed by atoms with Gasteiger partial charge in [-0.1, -0.05) is 54.2 Å². The lowest BCUT2D eigenvalue weighted by Gasteiger charge is -2.20. The van der Waals surface area contributed by atoms with Crippen molar-refractivity contribution in [3.8, 4) is 17.1 Å². The number of thioether (sulfide) groups is 1. The van der Waals surface area contributed by atoms with Crippen LogP contribution in [0, 0.1) is 0 Å². The fourth-order valence-corrected chi connectivity index (χ4v) is 4.69. The van der Waals surface area contributed by atoms with Gasteiger partial charge in [0.25, 0.3) is 0 Å². The molecule has 1 saturated carbocycles. The van der Waals surface area contributed by atoms with Gasteiger partial charge in [-0.25, -0.2) is 0 Å². The van der Waals surface area contributed by atoms with Gasteiger partial charge in [0.05, 0.1) is 18.9 Å². The number of hydrogen-bond acceptors (Lipinski definition) is 6. The number of amides is 1. The molecule has 0 bridgehead atoms. The van der Waals surface area contributed by atoms with Crippen LogP contribution in [-0.2, 0) is 4.79 Å².